The lowest BCUT2D eigenvalue weighted by molar-refractivity contribution is -0.156. The van der Waals surface area contributed by atoms with E-state index in [4.69, 9.17) is 0 Å². The predicted octanol–water partition coefficient (Wildman–Crippen LogP) is 2.26. The average molecular weight is 152 g/mol. The maximum atomic E-state index is 11.5. The molecule has 0 saturated heterocycles. The summed E-state index contributed by atoms with van der Waals surface area (Å²) in [4.78, 5) is 11.5. The molecule has 0 unspecified atom stereocenters. The average Bonchev–Trinajstić information content (AvgIpc) is 1.84. The zero-order valence-corrected chi connectivity index (χ0v) is 7.55. The number of fused-ring (bicyclic) bond motifs is 2. The van der Waals surface area contributed by atoms with E-state index in [-0.39, 0.29) is 0 Å². The van der Waals surface area contributed by atoms with Crippen LogP contribution in [-0.4, -0.2) is 5.78 Å². The van der Waals surface area contributed by atoms with E-state index in [0.717, 1.165) is 12.3 Å². The fourth-order valence-electron chi connectivity index (χ4n) is 3.07. The van der Waals surface area contributed by atoms with Gasteiger partial charge >= 0.3 is 0 Å². The van der Waals surface area contributed by atoms with Crippen LogP contribution in [0.25, 0.3) is 0 Å². The minimum Gasteiger partial charge on any atom is -0.299 e. The van der Waals surface area contributed by atoms with Gasteiger partial charge in [0.2, 0.25) is 0 Å². The van der Waals surface area contributed by atoms with Crippen LogP contribution in [0.5, 0.6) is 0 Å². The first-order chi connectivity index (χ1) is 5.03. The van der Waals surface area contributed by atoms with Crippen LogP contribution in [0.4, 0.5) is 0 Å². The van der Waals surface area contributed by atoms with Gasteiger partial charge in [0.1, 0.15) is 5.78 Å². The van der Waals surface area contributed by atoms with Gasteiger partial charge in [-0.25, -0.2) is 0 Å². The van der Waals surface area contributed by atoms with Crippen LogP contribution in [0.15, 0.2) is 0 Å². The summed E-state index contributed by atoms with van der Waals surface area (Å²) in [7, 11) is 0. The molecule has 0 aromatic heterocycles. The van der Waals surface area contributed by atoms with E-state index in [1.165, 1.54) is 6.42 Å². The zero-order chi connectivity index (χ0) is 8.22. The van der Waals surface area contributed by atoms with Crippen LogP contribution in [-0.2, 0) is 4.79 Å². The number of rotatable bonds is 0. The van der Waals surface area contributed by atoms with Crippen LogP contribution < -0.4 is 0 Å². The molecule has 0 N–H and O–H groups in total. The van der Waals surface area contributed by atoms with Gasteiger partial charge in [0, 0.05) is 12.3 Å². The number of carbonyl (C=O) groups excluding carboxylic acids is 1. The van der Waals surface area contributed by atoms with E-state index in [2.05, 4.69) is 20.8 Å². The Bertz CT molecular complexity index is 205. The van der Waals surface area contributed by atoms with Crippen LogP contribution in [0.2, 0.25) is 0 Å². The zero-order valence-electron chi connectivity index (χ0n) is 7.55. The monoisotopic (exact) mass is 152 g/mol. The van der Waals surface area contributed by atoms with Crippen molar-refractivity contribution < 1.29 is 4.79 Å². The number of ketones is 1. The van der Waals surface area contributed by atoms with Crippen molar-refractivity contribution in [1.82, 2.24) is 0 Å². The third-order valence-electron chi connectivity index (χ3n) is 3.94. The Hall–Kier alpha value is -0.330. The van der Waals surface area contributed by atoms with Crippen LogP contribution in [0.1, 0.15) is 33.6 Å². The smallest absolute Gasteiger partial charge is 0.136 e. The van der Waals surface area contributed by atoms with Crippen LogP contribution in [0, 0.1) is 23.2 Å². The Balaban J connectivity index is 2.26. The minimum atomic E-state index is 0.328. The molecule has 1 nitrogen and oxygen atoms in total. The Morgan fingerprint density at radius 1 is 1.45 bits per heavy atom. The lowest BCUT2D eigenvalue weighted by Crippen LogP contribution is -2.56. The highest BCUT2D eigenvalue weighted by Gasteiger charge is 2.56. The molecule has 0 spiro atoms. The van der Waals surface area contributed by atoms with Crippen LogP contribution >= 0.6 is 0 Å². The van der Waals surface area contributed by atoms with Crippen molar-refractivity contribution in [2.24, 2.45) is 23.2 Å². The highest BCUT2D eigenvalue weighted by atomic mass is 16.1. The van der Waals surface area contributed by atoms with Gasteiger partial charge in [-0.15, -0.1) is 0 Å². The number of hydrogen-bond acceptors (Lipinski definition) is 1. The Kier molecular flexibility index (Phi) is 1.25. The molecule has 1 heteroatoms. The second kappa shape index (κ2) is 1.88. The highest BCUT2D eigenvalue weighted by Crippen LogP contribution is 2.59. The maximum absolute atomic E-state index is 11.5. The molecule has 3 saturated carbocycles. The minimum absolute atomic E-state index is 0.328. The molecule has 0 radical (unpaired) electrons. The largest absolute Gasteiger partial charge is 0.299 e. The quantitative estimate of drug-likeness (QED) is 0.520. The molecule has 3 rings (SSSR count). The molecule has 3 fully saturated rings. The standard InChI is InChI=1S/C10H16O/c1-6-4-9(11)8-5-7(6)10(8,2)3/h6-8H,4-5H2,1-3H3/t6-,7+,8+/m1/s1. The van der Waals surface area contributed by atoms with E-state index in [9.17, 15) is 4.79 Å². The molecule has 0 aromatic rings. The van der Waals surface area contributed by atoms with Gasteiger partial charge in [-0.1, -0.05) is 20.8 Å². The van der Waals surface area contributed by atoms with Crippen molar-refractivity contribution in [2.45, 2.75) is 33.6 Å². The van der Waals surface area contributed by atoms with Crippen molar-refractivity contribution in [3.8, 4) is 0 Å². The van der Waals surface area contributed by atoms with E-state index in [0.29, 0.717) is 23.0 Å². The number of hydrogen-bond donors (Lipinski definition) is 0. The summed E-state index contributed by atoms with van der Waals surface area (Å²) < 4.78 is 0. The molecule has 0 heterocycles. The molecular weight excluding hydrogens is 136 g/mol. The summed E-state index contributed by atoms with van der Waals surface area (Å²) in [6.07, 6.45) is 2.02. The van der Waals surface area contributed by atoms with Crippen molar-refractivity contribution in [3.05, 3.63) is 0 Å². The topological polar surface area (TPSA) is 17.1 Å². The van der Waals surface area contributed by atoms with Crippen molar-refractivity contribution >= 4 is 5.78 Å². The fraction of sp³-hybridized carbons (Fsp3) is 0.900. The number of Topliss-reactive ketones (excluding diaryl/α,β-unsaturated/α-hetero) is 1. The van der Waals surface area contributed by atoms with Crippen molar-refractivity contribution in [1.29, 1.82) is 0 Å². The van der Waals surface area contributed by atoms with Gasteiger partial charge in [0.15, 0.2) is 0 Å². The first kappa shape index (κ1) is 7.33. The Morgan fingerprint density at radius 3 is 2.45 bits per heavy atom. The molecule has 62 valence electrons. The summed E-state index contributed by atoms with van der Waals surface area (Å²) in [5.41, 5.74) is 0.328. The molecule has 11 heavy (non-hydrogen) atoms. The summed E-state index contributed by atoms with van der Waals surface area (Å²) in [6, 6.07) is 0. The predicted molar refractivity (Wildman–Crippen MR) is 44.2 cm³/mol. The normalized spacial score (nSPS) is 46.8. The SMILES string of the molecule is C[C@@H]1CC(=O)[C@@H]2C[C@@H]1C2(C)C. The molecule has 3 atom stereocenters. The molecule has 3 aliphatic carbocycles. The fourth-order valence-corrected chi connectivity index (χ4v) is 3.07. The van der Waals surface area contributed by atoms with Crippen molar-refractivity contribution in [2.75, 3.05) is 0 Å². The van der Waals surface area contributed by atoms with E-state index >= 15 is 0 Å². The summed E-state index contributed by atoms with van der Waals surface area (Å²) in [5, 5.41) is 0. The van der Waals surface area contributed by atoms with Gasteiger partial charge in [-0.3, -0.25) is 4.79 Å². The van der Waals surface area contributed by atoms with E-state index in [1.54, 1.807) is 0 Å². The Morgan fingerprint density at radius 2 is 2.09 bits per heavy atom. The van der Waals surface area contributed by atoms with Crippen LogP contribution in [0.3, 0.4) is 0 Å². The molecule has 0 amide bonds. The van der Waals surface area contributed by atoms with Gasteiger partial charge in [-0.2, -0.15) is 0 Å². The summed E-state index contributed by atoms with van der Waals surface area (Å²) in [5.74, 6) is 2.39. The van der Waals surface area contributed by atoms with Gasteiger partial charge in [-0.05, 0) is 23.7 Å². The second-order valence-electron chi connectivity index (χ2n) is 4.86. The lowest BCUT2D eigenvalue weighted by atomic mass is 9.45. The molecule has 3 aliphatic rings. The van der Waals surface area contributed by atoms with Gasteiger partial charge in [0.25, 0.3) is 0 Å². The second-order valence-corrected chi connectivity index (χ2v) is 4.86. The lowest BCUT2D eigenvalue weighted by Gasteiger charge is -2.58. The van der Waals surface area contributed by atoms with Gasteiger partial charge < -0.3 is 0 Å². The highest BCUT2D eigenvalue weighted by molar-refractivity contribution is 5.84. The maximum Gasteiger partial charge on any atom is 0.136 e. The van der Waals surface area contributed by atoms with E-state index < -0.39 is 0 Å². The first-order valence-corrected chi connectivity index (χ1v) is 4.56. The van der Waals surface area contributed by atoms with Gasteiger partial charge in [0.05, 0.1) is 0 Å². The Labute approximate surface area is 68.2 Å². The third-order valence-corrected chi connectivity index (χ3v) is 3.94. The molecule has 0 aliphatic heterocycles. The molecule has 2 bridgehead atoms. The van der Waals surface area contributed by atoms with Crippen molar-refractivity contribution in [3.63, 3.8) is 0 Å². The summed E-state index contributed by atoms with van der Waals surface area (Å²) >= 11 is 0. The molecular formula is C10H16O. The number of carbonyl (C=O) groups is 1. The van der Waals surface area contributed by atoms with E-state index in [1.807, 2.05) is 0 Å². The molecule has 0 aromatic carbocycles. The third kappa shape index (κ3) is 0.743. The first-order valence-electron chi connectivity index (χ1n) is 4.56. The summed E-state index contributed by atoms with van der Waals surface area (Å²) in [6.45, 7) is 6.72.